The van der Waals surface area contributed by atoms with Gasteiger partial charge in [-0.25, -0.2) is 0 Å². The maximum Gasteiger partial charge on any atom is 0.221 e. The van der Waals surface area contributed by atoms with Crippen LogP contribution in [-0.2, 0) is 9.47 Å². The minimum atomic E-state index is -1.46. The van der Waals surface area contributed by atoms with Gasteiger partial charge in [0, 0.05) is 0 Å². The number of halogens is 1. The topological polar surface area (TPSA) is 99.4 Å². The minimum Gasteiger partial charge on any atom is -0.394 e. The van der Waals surface area contributed by atoms with E-state index in [1.165, 1.54) is 0 Å². The molecule has 0 aliphatic carbocycles. The van der Waals surface area contributed by atoms with Gasteiger partial charge in [-0.15, -0.1) is 0 Å². The van der Waals surface area contributed by atoms with Gasteiger partial charge in [0.1, 0.15) is 31.0 Å². The van der Waals surface area contributed by atoms with Gasteiger partial charge in [-0.1, -0.05) is 0 Å². The van der Waals surface area contributed by atoms with Crippen LogP contribution in [0.1, 0.15) is 0 Å². The molecule has 1 aliphatic heterocycles. The van der Waals surface area contributed by atoms with E-state index in [1.54, 1.807) is 14.1 Å². The third kappa shape index (κ3) is 4.32. The summed E-state index contributed by atoms with van der Waals surface area (Å²) in [6.45, 7) is -0.597. The number of likely N-dealkylation sites (N-methyl/N-ethyl adjacent to an activating group) is 1. The molecule has 5 atom stereocenters. The Morgan fingerprint density at radius 3 is 2.32 bits per heavy atom. The van der Waals surface area contributed by atoms with Crippen molar-refractivity contribution in [3.8, 4) is 0 Å². The molecular formula is C11H23FNO6+. The average molecular weight is 284 g/mol. The standard InChI is InChI=1S/C11H23FNO6/c1-13(2,6-12)3-4-18-11-10(17)9(16)8(15)7(5-14)19-11/h7-11,14-17H,3-6H2,1-2H3/q+1/t7-,8-,9+,10-,11-/m1/s1. The first kappa shape index (κ1) is 16.7. The van der Waals surface area contributed by atoms with Crippen molar-refractivity contribution in [3.63, 3.8) is 0 Å². The second kappa shape index (κ2) is 6.89. The van der Waals surface area contributed by atoms with Gasteiger partial charge in [-0.3, -0.25) is 0 Å². The number of alkyl halides is 1. The van der Waals surface area contributed by atoms with Crippen LogP contribution in [-0.4, -0.2) is 96.3 Å². The zero-order chi connectivity index (χ0) is 14.6. The summed E-state index contributed by atoms with van der Waals surface area (Å²) in [6.07, 6.45) is -6.43. The Morgan fingerprint density at radius 1 is 1.16 bits per heavy atom. The highest BCUT2D eigenvalue weighted by Gasteiger charge is 2.44. The minimum absolute atomic E-state index is 0.0947. The lowest BCUT2D eigenvalue weighted by Crippen LogP contribution is -2.59. The number of ether oxygens (including phenoxy) is 2. The van der Waals surface area contributed by atoms with Gasteiger partial charge in [0.2, 0.25) is 6.80 Å². The first-order valence-corrected chi connectivity index (χ1v) is 6.12. The van der Waals surface area contributed by atoms with Gasteiger partial charge in [-0.2, -0.15) is 4.39 Å². The fraction of sp³-hybridized carbons (Fsp3) is 1.00. The monoisotopic (exact) mass is 284 g/mol. The van der Waals surface area contributed by atoms with Gasteiger partial charge < -0.3 is 34.4 Å². The highest BCUT2D eigenvalue weighted by Crippen LogP contribution is 2.21. The van der Waals surface area contributed by atoms with E-state index < -0.39 is 44.1 Å². The zero-order valence-electron chi connectivity index (χ0n) is 11.1. The SMILES string of the molecule is C[N+](C)(CF)CCO[C@@H]1O[C@H](CO)[C@@H](O)[C@H](O)[C@H]1O. The molecule has 1 saturated heterocycles. The number of nitrogens with zero attached hydrogens (tertiary/aromatic N) is 1. The van der Waals surface area contributed by atoms with Crippen molar-refractivity contribution >= 4 is 0 Å². The van der Waals surface area contributed by atoms with Gasteiger partial charge in [0.15, 0.2) is 6.29 Å². The van der Waals surface area contributed by atoms with Crippen LogP contribution in [0.3, 0.4) is 0 Å². The lowest BCUT2D eigenvalue weighted by atomic mass is 9.99. The van der Waals surface area contributed by atoms with E-state index in [2.05, 4.69) is 0 Å². The summed E-state index contributed by atoms with van der Waals surface area (Å²) >= 11 is 0. The zero-order valence-corrected chi connectivity index (χ0v) is 11.1. The Bertz CT molecular complexity index is 278. The Balaban J connectivity index is 2.48. The van der Waals surface area contributed by atoms with Crippen molar-refractivity contribution in [1.82, 2.24) is 0 Å². The molecule has 1 heterocycles. The molecule has 1 rings (SSSR count). The Labute approximate surface area is 111 Å². The van der Waals surface area contributed by atoms with Gasteiger partial charge in [-0.05, 0) is 0 Å². The Hall–Kier alpha value is -0.350. The summed E-state index contributed by atoms with van der Waals surface area (Å²) in [5, 5.41) is 37.8. The van der Waals surface area contributed by atoms with E-state index in [0.717, 1.165) is 0 Å². The predicted molar refractivity (Wildman–Crippen MR) is 62.7 cm³/mol. The molecule has 0 bridgehead atoms. The van der Waals surface area contributed by atoms with Crippen LogP contribution < -0.4 is 0 Å². The van der Waals surface area contributed by atoms with E-state index in [9.17, 15) is 19.7 Å². The van der Waals surface area contributed by atoms with Crippen molar-refractivity contribution in [2.45, 2.75) is 30.7 Å². The number of hydrogen-bond acceptors (Lipinski definition) is 6. The van der Waals surface area contributed by atoms with E-state index >= 15 is 0 Å². The van der Waals surface area contributed by atoms with E-state index in [0.29, 0.717) is 6.54 Å². The van der Waals surface area contributed by atoms with Crippen LogP contribution in [0.25, 0.3) is 0 Å². The number of quaternary nitrogens is 1. The summed E-state index contributed by atoms with van der Waals surface area (Å²) < 4.78 is 23.1. The number of aliphatic hydroxyl groups excluding tert-OH is 4. The molecule has 0 aromatic heterocycles. The highest BCUT2D eigenvalue weighted by molar-refractivity contribution is 4.88. The van der Waals surface area contributed by atoms with Crippen LogP contribution in [0.15, 0.2) is 0 Å². The molecule has 7 nitrogen and oxygen atoms in total. The Kier molecular flexibility index (Phi) is 6.06. The summed E-state index contributed by atoms with van der Waals surface area (Å²) in [6, 6.07) is 0. The molecule has 0 radical (unpaired) electrons. The maximum absolute atomic E-state index is 12.6. The molecule has 0 saturated carbocycles. The molecule has 0 unspecified atom stereocenters. The Morgan fingerprint density at radius 2 is 1.79 bits per heavy atom. The fourth-order valence-electron chi connectivity index (χ4n) is 1.68. The number of hydrogen-bond donors (Lipinski definition) is 4. The number of aliphatic hydroxyl groups is 4. The van der Waals surface area contributed by atoms with Crippen molar-refractivity contribution in [3.05, 3.63) is 0 Å². The largest absolute Gasteiger partial charge is 0.394 e. The van der Waals surface area contributed by atoms with E-state index in [1.807, 2.05) is 0 Å². The van der Waals surface area contributed by atoms with Crippen molar-refractivity contribution in [2.24, 2.45) is 0 Å². The quantitative estimate of drug-likeness (QED) is 0.326. The van der Waals surface area contributed by atoms with Crippen LogP contribution >= 0.6 is 0 Å². The summed E-state index contributed by atoms with van der Waals surface area (Å²) in [7, 11) is 3.35. The van der Waals surface area contributed by atoms with Gasteiger partial charge in [0.25, 0.3) is 0 Å². The maximum atomic E-state index is 12.6. The lowest BCUT2D eigenvalue weighted by molar-refractivity contribution is -0.903. The second-order valence-electron chi connectivity index (χ2n) is 5.35. The summed E-state index contributed by atoms with van der Waals surface area (Å²) in [5.41, 5.74) is 0. The van der Waals surface area contributed by atoms with E-state index in [-0.39, 0.29) is 11.1 Å². The van der Waals surface area contributed by atoms with Crippen LogP contribution in [0, 0.1) is 0 Å². The van der Waals surface area contributed by atoms with Crippen molar-refractivity contribution in [2.75, 3.05) is 40.7 Å². The smallest absolute Gasteiger partial charge is 0.221 e. The average Bonchev–Trinajstić information content (AvgIpc) is 2.38. The highest BCUT2D eigenvalue weighted by atomic mass is 19.1. The molecule has 4 N–H and O–H groups in total. The molecular weight excluding hydrogens is 261 g/mol. The summed E-state index contributed by atoms with van der Waals surface area (Å²) in [5.74, 6) is 0. The third-order valence-electron chi connectivity index (χ3n) is 3.15. The second-order valence-corrected chi connectivity index (χ2v) is 5.35. The van der Waals surface area contributed by atoms with E-state index in [4.69, 9.17) is 14.6 Å². The van der Waals surface area contributed by atoms with Gasteiger partial charge in [0.05, 0.1) is 27.3 Å². The molecule has 0 spiro atoms. The molecule has 0 aromatic rings. The predicted octanol–water partition coefficient (Wildman–Crippen LogP) is -2.19. The molecule has 1 fully saturated rings. The van der Waals surface area contributed by atoms with Crippen LogP contribution in [0.2, 0.25) is 0 Å². The van der Waals surface area contributed by atoms with Crippen LogP contribution in [0.5, 0.6) is 0 Å². The fourth-order valence-corrected chi connectivity index (χ4v) is 1.68. The summed E-state index contributed by atoms with van der Waals surface area (Å²) in [4.78, 5) is 0. The lowest BCUT2D eigenvalue weighted by Gasteiger charge is -2.39. The molecule has 0 amide bonds. The third-order valence-corrected chi connectivity index (χ3v) is 3.15. The van der Waals surface area contributed by atoms with Crippen LogP contribution in [0.4, 0.5) is 4.39 Å². The van der Waals surface area contributed by atoms with Crippen molar-refractivity contribution in [1.29, 1.82) is 0 Å². The van der Waals surface area contributed by atoms with Crippen molar-refractivity contribution < 1.29 is 38.8 Å². The molecule has 114 valence electrons. The van der Waals surface area contributed by atoms with Gasteiger partial charge >= 0.3 is 0 Å². The normalized spacial score (nSPS) is 36.5. The molecule has 8 heteroatoms. The first-order chi connectivity index (χ1) is 8.82. The first-order valence-electron chi connectivity index (χ1n) is 6.12. The number of rotatable bonds is 6. The molecule has 1 aliphatic rings. The molecule has 0 aromatic carbocycles. The molecule has 19 heavy (non-hydrogen) atoms.